The van der Waals surface area contributed by atoms with E-state index in [1.165, 1.54) is 5.69 Å². The van der Waals surface area contributed by atoms with Crippen molar-refractivity contribution in [3.63, 3.8) is 0 Å². The van der Waals surface area contributed by atoms with Crippen molar-refractivity contribution in [2.24, 2.45) is 7.05 Å². The Morgan fingerprint density at radius 1 is 1.53 bits per heavy atom. The lowest BCUT2D eigenvalue weighted by atomic mass is 10.2. The maximum atomic E-state index is 8.77. The fourth-order valence-electron chi connectivity index (χ4n) is 1.78. The Labute approximate surface area is 112 Å². The van der Waals surface area contributed by atoms with Crippen molar-refractivity contribution >= 4 is 15.9 Å². The van der Waals surface area contributed by atoms with Crippen molar-refractivity contribution in [1.82, 2.24) is 15.1 Å². The van der Waals surface area contributed by atoms with Gasteiger partial charge in [0.15, 0.2) is 0 Å². The first-order valence-corrected chi connectivity index (χ1v) is 6.93. The number of aliphatic hydroxyl groups excluding tert-OH is 1. The summed E-state index contributed by atoms with van der Waals surface area (Å²) in [4.78, 5) is 0. The van der Waals surface area contributed by atoms with Gasteiger partial charge in [-0.05, 0) is 42.1 Å². The Morgan fingerprint density at radius 2 is 2.24 bits per heavy atom. The molecule has 2 N–H and O–H groups in total. The van der Waals surface area contributed by atoms with Crippen LogP contribution in [0.5, 0.6) is 0 Å². The van der Waals surface area contributed by atoms with Crippen LogP contribution in [0, 0.1) is 0 Å². The van der Waals surface area contributed by atoms with E-state index in [9.17, 15) is 0 Å². The van der Waals surface area contributed by atoms with E-state index in [4.69, 9.17) is 5.11 Å². The highest BCUT2D eigenvalue weighted by molar-refractivity contribution is 9.10. The van der Waals surface area contributed by atoms with Crippen molar-refractivity contribution in [1.29, 1.82) is 0 Å². The van der Waals surface area contributed by atoms with Gasteiger partial charge >= 0.3 is 0 Å². The molecule has 0 bridgehead atoms. The summed E-state index contributed by atoms with van der Waals surface area (Å²) in [6.07, 6.45) is 2.78. The van der Waals surface area contributed by atoms with Gasteiger partial charge in [-0.1, -0.05) is 6.92 Å². The molecule has 1 rings (SSSR count). The second-order valence-corrected chi connectivity index (χ2v) is 5.13. The van der Waals surface area contributed by atoms with Gasteiger partial charge in [-0.25, -0.2) is 0 Å². The molecule has 0 aliphatic carbocycles. The Kier molecular flexibility index (Phi) is 6.16. The Morgan fingerprint density at radius 3 is 2.76 bits per heavy atom. The van der Waals surface area contributed by atoms with Gasteiger partial charge in [0.2, 0.25) is 0 Å². The van der Waals surface area contributed by atoms with Crippen molar-refractivity contribution in [2.75, 3.05) is 6.61 Å². The fraction of sp³-hybridized carbons (Fsp3) is 0.750. The topological polar surface area (TPSA) is 50.1 Å². The number of aryl methyl sites for hydroxylation is 2. The van der Waals surface area contributed by atoms with E-state index in [1.54, 1.807) is 0 Å². The van der Waals surface area contributed by atoms with Crippen LogP contribution < -0.4 is 5.32 Å². The van der Waals surface area contributed by atoms with Crippen LogP contribution in [0.25, 0.3) is 0 Å². The van der Waals surface area contributed by atoms with E-state index < -0.39 is 0 Å². The zero-order valence-corrected chi connectivity index (χ0v) is 12.4. The molecule has 0 aliphatic heterocycles. The monoisotopic (exact) mass is 303 g/mol. The zero-order valence-electron chi connectivity index (χ0n) is 10.8. The third-order valence-corrected chi connectivity index (χ3v) is 3.83. The highest BCUT2D eigenvalue weighted by atomic mass is 79.9. The van der Waals surface area contributed by atoms with Gasteiger partial charge < -0.3 is 10.4 Å². The average Bonchev–Trinajstić information content (AvgIpc) is 2.59. The molecule has 0 radical (unpaired) electrons. The lowest BCUT2D eigenvalue weighted by Crippen LogP contribution is -2.26. The van der Waals surface area contributed by atoms with E-state index >= 15 is 0 Å². The molecule has 1 aromatic heterocycles. The van der Waals surface area contributed by atoms with Crippen LogP contribution in [0.4, 0.5) is 0 Å². The van der Waals surface area contributed by atoms with Gasteiger partial charge in [-0.15, -0.1) is 0 Å². The van der Waals surface area contributed by atoms with Crippen molar-refractivity contribution < 1.29 is 5.11 Å². The molecular formula is C12H22BrN3O. The summed E-state index contributed by atoms with van der Waals surface area (Å²) in [5.74, 6) is 0. The van der Waals surface area contributed by atoms with Gasteiger partial charge in [0.25, 0.3) is 0 Å². The molecule has 0 saturated carbocycles. The standard InChI is InChI=1S/C12H22BrN3O/c1-4-10-12(13)11(16(3)15-10)8-14-9(2)6-5-7-17/h9,14,17H,4-8H2,1-3H3. The first-order valence-electron chi connectivity index (χ1n) is 6.14. The fourth-order valence-corrected chi connectivity index (χ4v) is 2.54. The second kappa shape index (κ2) is 7.13. The predicted molar refractivity (Wildman–Crippen MR) is 72.9 cm³/mol. The molecule has 0 aromatic carbocycles. The van der Waals surface area contributed by atoms with Crippen LogP contribution in [0.15, 0.2) is 4.47 Å². The van der Waals surface area contributed by atoms with E-state index in [-0.39, 0.29) is 6.61 Å². The number of nitrogens with zero attached hydrogens (tertiary/aromatic N) is 2. The van der Waals surface area contributed by atoms with E-state index in [1.807, 2.05) is 11.7 Å². The quantitative estimate of drug-likeness (QED) is 0.810. The number of nitrogens with one attached hydrogen (secondary N) is 1. The molecule has 1 atom stereocenters. The SMILES string of the molecule is CCc1nn(C)c(CNC(C)CCCO)c1Br. The highest BCUT2D eigenvalue weighted by Crippen LogP contribution is 2.21. The molecule has 98 valence electrons. The molecule has 0 aliphatic rings. The van der Waals surface area contributed by atoms with Crippen LogP contribution in [-0.4, -0.2) is 27.5 Å². The largest absolute Gasteiger partial charge is 0.396 e. The van der Waals surface area contributed by atoms with Crippen LogP contribution in [0.2, 0.25) is 0 Å². The van der Waals surface area contributed by atoms with Crippen molar-refractivity contribution in [2.45, 2.75) is 45.7 Å². The van der Waals surface area contributed by atoms with Gasteiger partial charge in [-0.3, -0.25) is 4.68 Å². The smallest absolute Gasteiger partial charge is 0.0767 e. The maximum absolute atomic E-state index is 8.77. The zero-order chi connectivity index (χ0) is 12.8. The lowest BCUT2D eigenvalue weighted by Gasteiger charge is -2.13. The molecular weight excluding hydrogens is 282 g/mol. The molecule has 0 saturated heterocycles. The van der Waals surface area contributed by atoms with Gasteiger partial charge in [0, 0.05) is 26.2 Å². The number of hydrogen-bond acceptors (Lipinski definition) is 3. The molecule has 0 amide bonds. The summed E-state index contributed by atoms with van der Waals surface area (Å²) in [7, 11) is 1.97. The molecule has 17 heavy (non-hydrogen) atoms. The van der Waals surface area contributed by atoms with Crippen molar-refractivity contribution in [3.05, 3.63) is 15.9 Å². The Balaban J connectivity index is 2.54. The van der Waals surface area contributed by atoms with Gasteiger partial charge in [-0.2, -0.15) is 5.10 Å². The number of aliphatic hydroxyl groups is 1. The average molecular weight is 304 g/mol. The lowest BCUT2D eigenvalue weighted by molar-refractivity contribution is 0.276. The van der Waals surface area contributed by atoms with Crippen LogP contribution in [0.3, 0.4) is 0 Å². The summed E-state index contributed by atoms with van der Waals surface area (Å²) in [5, 5.41) is 16.7. The third kappa shape index (κ3) is 4.08. The van der Waals surface area contributed by atoms with Gasteiger partial charge in [0.1, 0.15) is 0 Å². The van der Waals surface area contributed by atoms with Crippen LogP contribution >= 0.6 is 15.9 Å². The third-order valence-electron chi connectivity index (χ3n) is 2.92. The summed E-state index contributed by atoms with van der Waals surface area (Å²) in [5.41, 5.74) is 2.28. The highest BCUT2D eigenvalue weighted by Gasteiger charge is 2.12. The summed E-state index contributed by atoms with van der Waals surface area (Å²) in [6, 6.07) is 0.411. The first kappa shape index (κ1) is 14.7. The molecule has 4 nitrogen and oxygen atoms in total. The summed E-state index contributed by atoms with van der Waals surface area (Å²) < 4.78 is 3.04. The minimum absolute atomic E-state index is 0.265. The maximum Gasteiger partial charge on any atom is 0.0767 e. The number of halogens is 1. The van der Waals surface area contributed by atoms with E-state index in [0.717, 1.165) is 36.0 Å². The van der Waals surface area contributed by atoms with E-state index in [2.05, 4.69) is 40.2 Å². The number of hydrogen-bond donors (Lipinski definition) is 2. The minimum Gasteiger partial charge on any atom is -0.396 e. The molecule has 1 unspecified atom stereocenters. The molecule has 5 heteroatoms. The number of rotatable bonds is 7. The minimum atomic E-state index is 0.265. The Hall–Kier alpha value is -0.390. The second-order valence-electron chi connectivity index (χ2n) is 4.33. The van der Waals surface area contributed by atoms with Gasteiger partial charge in [0.05, 0.1) is 15.9 Å². The molecule has 1 heterocycles. The van der Waals surface area contributed by atoms with E-state index in [0.29, 0.717) is 6.04 Å². The summed E-state index contributed by atoms with van der Waals surface area (Å²) >= 11 is 3.60. The Bertz CT molecular complexity index is 352. The number of aromatic nitrogens is 2. The van der Waals surface area contributed by atoms with Crippen LogP contribution in [-0.2, 0) is 20.0 Å². The summed E-state index contributed by atoms with van der Waals surface area (Å²) in [6.45, 7) is 5.31. The molecule has 0 fully saturated rings. The predicted octanol–water partition coefficient (Wildman–Crippen LogP) is 2.00. The van der Waals surface area contributed by atoms with Crippen LogP contribution in [0.1, 0.15) is 38.1 Å². The van der Waals surface area contributed by atoms with Crippen molar-refractivity contribution in [3.8, 4) is 0 Å². The molecule has 1 aromatic rings. The molecule has 0 spiro atoms. The first-order chi connectivity index (χ1) is 8.10. The normalized spacial score (nSPS) is 13.0.